The van der Waals surface area contributed by atoms with E-state index in [1.165, 1.54) is 5.56 Å². The molecule has 0 spiro atoms. The van der Waals surface area contributed by atoms with Crippen molar-refractivity contribution in [2.24, 2.45) is 0 Å². The van der Waals surface area contributed by atoms with Crippen LogP contribution in [0, 0.1) is 18.3 Å². The van der Waals surface area contributed by atoms with Crippen molar-refractivity contribution in [3.63, 3.8) is 0 Å². The number of carbonyl (C=O) groups excluding carboxylic acids is 1. The Hall–Kier alpha value is -3.92. The number of benzene rings is 2. The number of nitrogens with one attached hydrogen (secondary N) is 2. The van der Waals surface area contributed by atoms with Crippen molar-refractivity contribution >= 4 is 17.5 Å². The van der Waals surface area contributed by atoms with Gasteiger partial charge in [-0.05, 0) is 80.3 Å². The molecule has 0 aliphatic carbocycles. The van der Waals surface area contributed by atoms with Crippen LogP contribution in [0.4, 0.5) is 10.5 Å². The Morgan fingerprint density at radius 3 is 2.32 bits per heavy atom. The van der Waals surface area contributed by atoms with Gasteiger partial charge < -0.3 is 25.2 Å². The Labute approximate surface area is 226 Å². The van der Waals surface area contributed by atoms with Crippen LogP contribution < -0.4 is 10.6 Å². The Balaban J connectivity index is 1.29. The highest BCUT2D eigenvalue weighted by atomic mass is 16.6. The van der Waals surface area contributed by atoms with Crippen LogP contribution in [0.1, 0.15) is 60.8 Å². The minimum Gasteiger partial charge on any atom is -0.450 e. The van der Waals surface area contributed by atoms with Crippen molar-refractivity contribution in [1.29, 1.82) is 5.26 Å². The largest absolute Gasteiger partial charge is 0.450 e. The fraction of sp³-hybridized carbons (Fsp3) is 0.419. The minimum atomic E-state index is -0.228. The van der Waals surface area contributed by atoms with Crippen molar-refractivity contribution in [3.05, 3.63) is 83.7 Å². The van der Waals surface area contributed by atoms with Gasteiger partial charge in [-0.15, -0.1) is 0 Å². The van der Waals surface area contributed by atoms with E-state index in [9.17, 15) is 4.79 Å². The van der Waals surface area contributed by atoms with Crippen molar-refractivity contribution in [3.8, 4) is 6.07 Å². The van der Waals surface area contributed by atoms with Crippen LogP contribution in [0.3, 0.4) is 0 Å². The summed E-state index contributed by atoms with van der Waals surface area (Å²) >= 11 is 0. The Morgan fingerprint density at radius 2 is 1.68 bits per heavy atom. The van der Waals surface area contributed by atoms with Crippen LogP contribution >= 0.6 is 0 Å². The first-order valence-electron chi connectivity index (χ1n) is 13.6. The smallest absolute Gasteiger partial charge is 0.409 e. The van der Waals surface area contributed by atoms with Crippen molar-refractivity contribution < 1.29 is 9.53 Å². The van der Waals surface area contributed by atoms with E-state index in [1.54, 1.807) is 4.90 Å². The van der Waals surface area contributed by atoms with Gasteiger partial charge in [0, 0.05) is 43.6 Å². The maximum absolute atomic E-state index is 11.9. The minimum absolute atomic E-state index is 0.228. The monoisotopic (exact) mass is 513 g/mol. The molecular weight excluding hydrogens is 474 g/mol. The zero-order chi connectivity index (χ0) is 27.1. The quantitative estimate of drug-likeness (QED) is 0.464. The van der Waals surface area contributed by atoms with Gasteiger partial charge in [-0.25, -0.2) is 4.79 Å². The van der Waals surface area contributed by atoms with Gasteiger partial charge in [0.2, 0.25) is 0 Å². The average Bonchev–Trinajstić information content (AvgIpc) is 2.94. The number of anilines is 1. The number of piperidine rings is 2. The highest BCUT2D eigenvalue weighted by molar-refractivity contribution is 5.69. The summed E-state index contributed by atoms with van der Waals surface area (Å²) in [4.78, 5) is 16.1. The summed E-state index contributed by atoms with van der Waals surface area (Å²) in [5, 5.41) is 16.0. The number of rotatable bonds is 8. The predicted molar refractivity (Wildman–Crippen MR) is 152 cm³/mol. The molecule has 2 heterocycles. The number of aryl methyl sites for hydroxylation is 1. The highest BCUT2D eigenvalue weighted by Crippen LogP contribution is 2.32. The second-order valence-corrected chi connectivity index (χ2v) is 10.2. The Morgan fingerprint density at radius 1 is 1.03 bits per heavy atom. The van der Waals surface area contributed by atoms with E-state index in [0.717, 1.165) is 67.1 Å². The molecule has 2 saturated heterocycles. The summed E-state index contributed by atoms with van der Waals surface area (Å²) in [6.07, 6.45) is 3.62. The van der Waals surface area contributed by atoms with E-state index in [2.05, 4.69) is 72.0 Å². The molecule has 0 unspecified atom stereocenters. The van der Waals surface area contributed by atoms with E-state index in [1.807, 2.05) is 19.1 Å². The first-order chi connectivity index (χ1) is 18.4. The van der Waals surface area contributed by atoms with Gasteiger partial charge in [-0.3, -0.25) is 0 Å². The molecular formula is C31H39N5O2. The summed E-state index contributed by atoms with van der Waals surface area (Å²) in [7, 11) is 0. The third-order valence-corrected chi connectivity index (χ3v) is 7.64. The van der Waals surface area contributed by atoms with E-state index in [4.69, 9.17) is 10.00 Å². The average molecular weight is 514 g/mol. The standard InChI is InChI=1S/C31H39N5O2/c1-5-38-31(37)36-18-14-29(15-19-36)33-24(4)34-30-20-28(9-6-22(30)2)23(3)35-16-12-27(13-17-35)26-10-7-25(21-32)8-11-26/h6-11,20,27,29,33-34H,3-5,12-19H2,1-2H3. The van der Waals surface area contributed by atoms with Crippen LogP contribution in [0.2, 0.25) is 0 Å². The summed E-state index contributed by atoms with van der Waals surface area (Å²) in [5.74, 6) is 1.27. The molecule has 7 heteroatoms. The van der Waals surface area contributed by atoms with Gasteiger partial charge in [0.05, 0.1) is 24.1 Å². The van der Waals surface area contributed by atoms with Crippen LogP contribution in [0.5, 0.6) is 0 Å². The molecule has 0 saturated carbocycles. The molecule has 0 atom stereocenters. The number of likely N-dealkylation sites (tertiary alicyclic amines) is 2. The van der Waals surface area contributed by atoms with Crippen LogP contribution in [0.25, 0.3) is 5.70 Å². The topological polar surface area (TPSA) is 80.6 Å². The predicted octanol–water partition coefficient (Wildman–Crippen LogP) is 5.81. The fourth-order valence-electron chi connectivity index (χ4n) is 5.30. The van der Waals surface area contributed by atoms with Gasteiger partial charge in [-0.1, -0.05) is 37.4 Å². The first kappa shape index (κ1) is 27.1. The molecule has 0 radical (unpaired) electrons. The van der Waals surface area contributed by atoms with Crippen LogP contribution in [0.15, 0.2) is 61.4 Å². The maximum atomic E-state index is 11.9. The second-order valence-electron chi connectivity index (χ2n) is 10.2. The Kier molecular flexibility index (Phi) is 8.96. The fourth-order valence-corrected chi connectivity index (χ4v) is 5.30. The van der Waals surface area contributed by atoms with Crippen molar-refractivity contribution in [1.82, 2.24) is 15.1 Å². The third-order valence-electron chi connectivity index (χ3n) is 7.64. The van der Waals surface area contributed by atoms with Crippen LogP contribution in [-0.2, 0) is 4.74 Å². The number of ether oxygens (including phenoxy) is 1. The number of amides is 1. The van der Waals surface area contributed by atoms with E-state index in [0.29, 0.717) is 31.2 Å². The first-order valence-corrected chi connectivity index (χ1v) is 13.6. The number of carbonyl (C=O) groups is 1. The van der Waals surface area contributed by atoms with Gasteiger partial charge in [0.15, 0.2) is 0 Å². The van der Waals surface area contributed by atoms with Gasteiger partial charge >= 0.3 is 6.09 Å². The summed E-state index contributed by atoms with van der Waals surface area (Å²) in [6, 6.07) is 16.9. The lowest BCUT2D eigenvalue weighted by molar-refractivity contribution is 0.0958. The molecule has 7 nitrogen and oxygen atoms in total. The van der Waals surface area contributed by atoms with Gasteiger partial charge in [0.25, 0.3) is 0 Å². The molecule has 2 N–H and O–H groups in total. The molecule has 0 aromatic heterocycles. The maximum Gasteiger partial charge on any atom is 0.409 e. The van der Waals surface area contributed by atoms with Crippen molar-refractivity contribution in [2.75, 3.05) is 38.1 Å². The molecule has 200 valence electrons. The van der Waals surface area contributed by atoms with E-state index in [-0.39, 0.29) is 12.1 Å². The lowest BCUT2D eigenvalue weighted by Gasteiger charge is -2.35. The molecule has 38 heavy (non-hydrogen) atoms. The van der Waals surface area contributed by atoms with Crippen molar-refractivity contribution in [2.45, 2.75) is 51.5 Å². The van der Waals surface area contributed by atoms with Gasteiger partial charge in [0.1, 0.15) is 0 Å². The number of hydrogen-bond donors (Lipinski definition) is 2. The van der Waals surface area contributed by atoms with E-state index < -0.39 is 0 Å². The summed E-state index contributed by atoms with van der Waals surface area (Å²) in [5.41, 5.74) is 6.31. The zero-order valence-corrected chi connectivity index (χ0v) is 22.6. The second kappa shape index (κ2) is 12.6. The number of nitriles is 1. The summed E-state index contributed by atoms with van der Waals surface area (Å²) in [6.45, 7) is 16.2. The normalized spacial score (nSPS) is 16.4. The molecule has 0 bridgehead atoms. The van der Waals surface area contributed by atoms with E-state index >= 15 is 0 Å². The molecule has 2 aromatic rings. The molecule has 2 aliphatic rings. The lowest BCUT2D eigenvalue weighted by Crippen LogP contribution is -2.45. The Bertz CT molecular complexity index is 1180. The van der Waals surface area contributed by atoms with Crippen LogP contribution in [-0.4, -0.2) is 54.7 Å². The molecule has 1 amide bonds. The highest BCUT2D eigenvalue weighted by Gasteiger charge is 2.24. The number of hydrogen-bond acceptors (Lipinski definition) is 6. The van der Waals surface area contributed by atoms with Gasteiger partial charge in [-0.2, -0.15) is 5.26 Å². The lowest BCUT2D eigenvalue weighted by atomic mass is 9.88. The molecule has 2 aromatic carbocycles. The zero-order valence-electron chi connectivity index (χ0n) is 22.6. The summed E-state index contributed by atoms with van der Waals surface area (Å²) < 4.78 is 5.11. The molecule has 2 fully saturated rings. The third kappa shape index (κ3) is 6.69. The SMILES string of the molecule is C=C(Nc1cc(C(=C)N2CCC(c3ccc(C#N)cc3)CC2)ccc1C)NC1CCN(C(=O)OCC)CC1. The molecule has 4 rings (SSSR count). The number of nitrogens with zero attached hydrogens (tertiary/aromatic N) is 3. The molecule has 2 aliphatic heterocycles.